The standard InChI is InChI=1S/C17H17NO3S/c1-18(2)17(19)11-22(20)10-12-7-8-16-14(9-12)13-5-3-4-6-15(13)21-16/h3-9H,10-11H2,1-2H3. The maximum atomic E-state index is 12.1. The van der Waals surface area contributed by atoms with E-state index in [9.17, 15) is 9.00 Å². The number of carbonyl (C=O) groups is 1. The Bertz CT molecular complexity index is 867. The van der Waals surface area contributed by atoms with Crippen LogP contribution in [0.3, 0.4) is 0 Å². The molecule has 1 amide bonds. The molecule has 0 radical (unpaired) electrons. The van der Waals surface area contributed by atoms with Gasteiger partial charge in [0.1, 0.15) is 16.9 Å². The minimum absolute atomic E-state index is 0.0527. The van der Waals surface area contributed by atoms with Crippen molar-refractivity contribution in [3.8, 4) is 0 Å². The van der Waals surface area contributed by atoms with Gasteiger partial charge in [0.15, 0.2) is 0 Å². The highest BCUT2D eigenvalue weighted by Crippen LogP contribution is 2.29. The number of hydrogen-bond donors (Lipinski definition) is 0. The fourth-order valence-electron chi connectivity index (χ4n) is 2.37. The Balaban J connectivity index is 1.87. The Labute approximate surface area is 131 Å². The van der Waals surface area contributed by atoms with E-state index < -0.39 is 10.8 Å². The van der Waals surface area contributed by atoms with Gasteiger partial charge in [0.25, 0.3) is 0 Å². The monoisotopic (exact) mass is 315 g/mol. The summed E-state index contributed by atoms with van der Waals surface area (Å²) in [5, 5.41) is 2.07. The minimum atomic E-state index is -1.21. The van der Waals surface area contributed by atoms with E-state index in [0.29, 0.717) is 5.75 Å². The maximum absolute atomic E-state index is 12.1. The molecule has 0 spiro atoms. The SMILES string of the molecule is CN(C)C(=O)CS(=O)Cc1ccc2oc3ccccc3c2c1. The topological polar surface area (TPSA) is 50.5 Å². The molecule has 114 valence electrons. The third kappa shape index (κ3) is 2.90. The summed E-state index contributed by atoms with van der Waals surface area (Å²) >= 11 is 0. The van der Waals surface area contributed by atoms with Gasteiger partial charge >= 0.3 is 0 Å². The quantitative estimate of drug-likeness (QED) is 0.744. The van der Waals surface area contributed by atoms with Gasteiger partial charge in [0.2, 0.25) is 5.91 Å². The first-order valence-corrected chi connectivity index (χ1v) is 8.48. The van der Waals surface area contributed by atoms with Gasteiger partial charge in [-0.25, -0.2) is 0 Å². The molecular formula is C17H17NO3S. The molecule has 5 heteroatoms. The molecular weight excluding hydrogens is 298 g/mol. The molecule has 4 nitrogen and oxygen atoms in total. The predicted octanol–water partition coefficient (Wildman–Crippen LogP) is 2.92. The van der Waals surface area contributed by atoms with E-state index in [1.165, 1.54) is 4.90 Å². The van der Waals surface area contributed by atoms with Gasteiger partial charge < -0.3 is 9.32 Å². The molecule has 0 fully saturated rings. The Morgan fingerprint density at radius 1 is 1.09 bits per heavy atom. The second-order valence-corrected chi connectivity index (χ2v) is 6.90. The average Bonchev–Trinajstić information content (AvgIpc) is 2.85. The van der Waals surface area contributed by atoms with Crippen LogP contribution >= 0.6 is 0 Å². The summed E-state index contributed by atoms with van der Waals surface area (Å²) in [7, 11) is 2.13. The molecule has 0 aliphatic rings. The van der Waals surface area contributed by atoms with Crippen molar-refractivity contribution in [3.05, 3.63) is 48.0 Å². The third-order valence-electron chi connectivity index (χ3n) is 3.55. The van der Waals surface area contributed by atoms with E-state index in [1.807, 2.05) is 42.5 Å². The van der Waals surface area contributed by atoms with Crippen molar-refractivity contribution in [2.45, 2.75) is 5.75 Å². The number of para-hydroxylation sites is 1. The van der Waals surface area contributed by atoms with Gasteiger partial charge in [-0.3, -0.25) is 9.00 Å². The van der Waals surface area contributed by atoms with Crippen LogP contribution in [0.15, 0.2) is 46.9 Å². The first kappa shape index (κ1) is 14.8. The van der Waals surface area contributed by atoms with Crippen molar-refractivity contribution in [2.75, 3.05) is 19.8 Å². The Morgan fingerprint density at radius 2 is 1.82 bits per heavy atom. The zero-order chi connectivity index (χ0) is 15.7. The smallest absolute Gasteiger partial charge is 0.234 e. The Hall–Kier alpha value is -2.14. The molecule has 2 aromatic carbocycles. The minimum Gasteiger partial charge on any atom is -0.456 e. The van der Waals surface area contributed by atoms with Gasteiger partial charge in [-0.05, 0) is 23.8 Å². The summed E-state index contributed by atoms with van der Waals surface area (Å²) in [6, 6.07) is 13.7. The normalized spacial score (nSPS) is 12.6. The number of benzene rings is 2. The van der Waals surface area contributed by atoms with Crippen LogP contribution < -0.4 is 0 Å². The molecule has 1 aromatic heterocycles. The van der Waals surface area contributed by atoms with E-state index in [1.54, 1.807) is 14.1 Å². The van der Waals surface area contributed by atoms with Crippen molar-refractivity contribution < 1.29 is 13.4 Å². The van der Waals surface area contributed by atoms with E-state index in [2.05, 4.69) is 0 Å². The number of furan rings is 1. The van der Waals surface area contributed by atoms with Crippen LogP contribution in [0.2, 0.25) is 0 Å². The Kier molecular flexibility index (Phi) is 3.98. The van der Waals surface area contributed by atoms with Crippen LogP contribution in [0.25, 0.3) is 21.9 Å². The van der Waals surface area contributed by atoms with E-state index in [0.717, 1.165) is 27.5 Å². The molecule has 1 heterocycles. The maximum Gasteiger partial charge on any atom is 0.234 e. The summed E-state index contributed by atoms with van der Waals surface area (Å²) < 4.78 is 17.9. The van der Waals surface area contributed by atoms with Crippen LogP contribution in [0.1, 0.15) is 5.56 Å². The largest absolute Gasteiger partial charge is 0.456 e. The summed E-state index contributed by atoms with van der Waals surface area (Å²) in [6.07, 6.45) is 0. The zero-order valence-electron chi connectivity index (χ0n) is 12.5. The van der Waals surface area contributed by atoms with Crippen molar-refractivity contribution >= 4 is 38.6 Å². The van der Waals surface area contributed by atoms with Crippen molar-refractivity contribution in [3.63, 3.8) is 0 Å². The number of hydrogen-bond acceptors (Lipinski definition) is 3. The highest BCUT2D eigenvalue weighted by atomic mass is 32.2. The molecule has 0 N–H and O–H groups in total. The average molecular weight is 315 g/mol. The van der Waals surface area contributed by atoms with Gasteiger partial charge in [0.05, 0.1) is 0 Å². The first-order valence-electron chi connectivity index (χ1n) is 7.00. The lowest BCUT2D eigenvalue weighted by molar-refractivity contribution is -0.125. The molecule has 3 rings (SSSR count). The fraction of sp³-hybridized carbons (Fsp3) is 0.235. The third-order valence-corrected chi connectivity index (χ3v) is 4.78. The highest BCUT2D eigenvalue weighted by molar-refractivity contribution is 7.84. The summed E-state index contributed by atoms with van der Waals surface area (Å²) in [4.78, 5) is 13.1. The van der Waals surface area contributed by atoms with Crippen LogP contribution in [-0.2, 0) is 21.3 Å². The van der Waals surface area contributed by atoms with E-state index >= 15 is 0 Å². The van der Waals surface area contributed by atoms with Crippen LogP contribution in [-0.4, -0.2) is 34.9 Å². The predicted molar refractivity (Wildman–Crippen MR) is 89.1 cm³/mol. The van der Waals surface area contributed by atoms with Crippen LogP contribution in [0, 0.1) is 0 Å². The summed E-state index contributed by atoms with van der Waals surface area (Å²) in [5.74, 6) is 0.305. The summed E-state index contributed by atoms with van der Waals surface area (Å²) in [5.41, 5.74) is 2.61. The number of nitrogens with zero attached hydrogens (tertiary/aromatic N) is 1. The lowest BCUT2D eigenvalue weighted by Gasteiger charge is -2.09. The highest BCUT2D eigenvalue weighted by Gasteiger charge is 2.12. The molecule has 0 saturated carbocycles. The van der Waals surface area contributed by atoms with Gasteiger partial charge in [-0.15, -0.1) is 0 Å². The second kappa shape index (κ2) is 5.93. The van der Waals surface area contributed by atoms with Crippen molar-refractivity contribution in [1.29, 1.82) is 0 Å². The number of carbonyl (C=O) groups excluding carboxylic acids is 1. The number of amides is 1. The van der Waals surface area contributed by atoms with E-state index in [-0.39, 0.29) is 11.7 Å². The zero-order valence-corrected chi connectivity index (χ0v) is 13.4. The fourth-order valence-corrected chi connectivity index (χ4v) is 3.55. The molecule has 22 heavy (non-hydrogen) atoms. The number of rotatable bonds is 4. The molecule has 1 atom stereocenters. The number of fused-ring (bicyclic) bond motifs is 3. The molecule has 0 saturated heterocycles. The van der Waals surface area contributed by atoms with Gasteiger partial charge in [0, 0.05) is 41.4 Å². The van der Waals surface area contributed by atoms with E-state index in [4.69, 9.17) is 4.42 Å². The van der Waals surface area contributed by atoms with Crippen LogP contribution in [0.4, 0.5) is 0 Å². The van der Waals surface area contributed by atoms with Crippen molar-refractivity contribution in [2.24, 2.45) is 0 Å². The molecule has 1 unspecified atom stereocenters. The first-order chi connectivity index (χ1) is 10.5. The summed E-state index contributed by atoms with van der Waals surface area (Å²) in [6.45, 7) is 0. The molecule has 0 bridgehead atoms. The second-order valence-electron chi connectivity index (χ2n) is 5.45. The lowest BCUT2D eigenvalue weighted by Crippen LogP contribution is -2.27. The molecule has 0 aliphatic carbocycles. The molecule has 3 aromatic rings. The Morgan fingerprint density at radius 3 is 2.59 bits per heavy atom. The van der Waals surface area contributed by atoms with Crippen LogP contribution in [0.5, 0.6) is 0 Å². The lowest BCUT2D eigenvalue weighted by atomic mass is 10.1. The van der Waals surface area contributed by atoms with Crippen molar-refractivity contribution in [1.82, 2.24) is 4.90 Å². The van der Waals surface area contributed by atoms with Gasteiger partial charge in [-0.2, -0.15) is 0 Å². The van der Waals surface area contributed by atoms with Gasteiger partial charge in [-0.1, -0.05) is 24.3 Å². The molecule has 0 aliphatic heterocycles.